The van der Waals surface area contributed by atoms with Gasteiger partial charge in [-0.2, -0.15) is 0 Å². The zero-order chi connectivity index (χ0) is 13.2. The highest BCUT2D eigenvalue weighted by Gasteiger charge is 2.21. The van der Waals surface area contributed by atoms with E-state index in [-0.39, 0.29) is 11.8 Å². The van der Waals surface area contributed by atoms with Crippen molar-refractivity contribution in [2.24, 2.45) is 0 Å². The van der Waals surface area contributed by atoms with Crippen LogP contribution in [0.1, 0.15) is 12.8 Å². The summed E-state index contributed by atoms with van der Waals surface area (Å²) >= 11 is 1.51. The predicted octanol–water partition coefficient (Wildman–Crippen LogP) is 1.42. The second-order valence-corrected chi connectivity index (χ2v) is 5.77. The van der Waals surface area contributed by atoms with Gasteiger partial charge >= 0.3 is 0 Å². The molecule has 1 aliphatic heterocycles. The number of rotatable bonds is 4. The lowest BCUT2D eigenvalue weighted by atomic mass is 10.2. The van der Waals surface area contributed by atoms with E-state index in [1.807, 2.05) is 12.1 Å². The molecule has 19 heavy (non-hydrogen) atoms. The van der Waals surface area contributed by atoms with Crippen LogP contribution in [-0.2, 0) is 9.59 Å². The third-order valence-electron chi connectivity index (χ3n) is 3.02. The van der Waals surface area contributed by atoms with Crippen molar-refractivity contribution >= 4 is 35.0 Å². The topological polar surface area (TPSA) is 70.2 Å². The number of hydrogen-bond donors (Lipinski definition) is 3. The van der Waals surface area contributed by atoms with E-state index >= 15 is 0 Å². The first-order valence-corrected chi connectivity index (χ1v) is 7.29. The van der Waals surface area contributed by atoms with Gasteiger partial charge < -0.3 is 16.0 Å². The van der Waals surface area contributed by atoms with E-state index in [4.69, 9.17) is 0 Å². The van der Waals surface area contributed by atoms with E-state index in [1.54, 1.807) is 6.07 Å². The summed E-state index contributed by atoms with van der Waals surface area (Å²) in [6.45, 7) is 0.336. The molecule has 1 heterocycles. The van der Waals surface area contributed by atoms with Crippen LogP contribution in [-0.4, -0.2) is 30.2 Å². The number of amides is 2. The summed E-state index contributed by atoms with van der Waals surface area (Å²) < 4.78 is 0. The summed E-state index contributed by atoms with van der Waals surface area (Å²) in [4.78, 5) is 24.1. The maximum atomic E-state index is 11.7. The van der Waals surface area contributed by atoms with Gasteiger partial charge in [-0.15, -0.1) is 11.8 Å². The van der Waals surface area contributed by atoms with Gasteiger partial charge in [0.25, 0.3) is 0 Å². The number of anilines is 2. The molecule has 0 unspecified atom stereocenters. The fourth-order valence-electron chi connectivity index (χ4n) is 1.89. The molecule has 1 saturated carbocycles. The first-order valence-electron chi connectivity index (χ1n) is 6.30. The Balaban J connectivity index is 1.62. The first kappa shape index (κ1) is 12.5. The van der Waals surface area contributed by atoms with Crippen LogP contribution in [0.25, 0.3) is 0 Å². The lowest BCUT2D eigenvalue weighted by Gasteiger charge is -2.17. The van der Waals surface area contributed by atoms with Crippen molar-refractivity contribution in [1.29, 1.82) is 0 Å². The number of benzene rings is 1. The molecule has 100 valence electrons. The van der Waals surface area contributed by atoms with Crippen molar-refractivity contribution in [3.8, 4) is 0 Å². The highest BCUT2D eigenvalue weighted by molar-refractivity contribution is 8.00. The molecule has 0 radical (unpaired) electrons. The van der Waals surface area contributed by atoms with E-state index in [9.17, 15) is 9.59 Å². The number of fused-ring (bicyclic) bond motifs is 1. The smallest absolute Gasteiger partial charge is 0.238 e. The van der Waals surface area contributed by atoms with Crippen LogP contribution in [0.4, 0.5) is 11.4 Å². The van der Waals surface area contributed by atoms with Gasteiger partial charge in [0.15, 0.2) is 0 Å². The zero-order valence-electron chi connectivity index (χ0n) is 10.4. The van der Waals surface area contributed by atoms with E-state index in [0.717, 1.165) is 23.4 Å². The molecule has 6 heteroatoms. The van der Waals surface area contributed by atoms with E-state index in [0.29, 0.717) is 24.0 Å². The van der Waals surface area contributed by atoms with Crippen molar-refractivity contribution < 1.29 is 9.59 Å². The van der Waals surface area contributed by atoms with Gasteiger partial charge in [-0.25, -0.2) is 0 Å². The number of hydrogen-bond acceptors (Lipinski definition) is 4. The summed E-state index contributed by atoms with van der Waals surface area (Å²) in [5, 5.41) is 8.80. The Morgan fingerprint density at radius 1 is 1.42 bits per heavy atom. The van der Waals surface area contributed by atoms with Crippen molar-refractivity contribution in [2.75, 3.05) is 22.9 Å². The van der Waals surface area contributed by atoms with Gasteiger partial charge in [-0.1, -0.05) is 0 Å². The fraction of sp³-hybridized carbons (Fsp3) is 0.385. The Labute approximate surface area is 115 Å². The normalized spacial score (nSPS) is 17.6. The summed E-state index contributed by atoms with van der Waals surface area (Å²) in [5.41, 5.74) is 1.48. The number of carbonyl (C=O) groups excluding carboxylic acids is 2. The van der Waals surface area contributed by atoms with Gasteiger partial charge in [0, 0.05) is 16.6 Å². The van der Waals surface area contributed by atoms with E-state index < -0.39 is 0 Å². The first-order chi connectivity index (χ1) is 9.20. The van der Waals surface area contributed by atoms with Crippen LogP contribution >= 0.6 is 11.8 Å². The molecule has 1 fully saturated rings. The maximum Gasteiger partial charge on any atom is 0.238 e. The third-order valence-corrected chi connectivity index (χ3v) is 4.10. The molecule has 0 aromatic heterocycles. The van der Waals surface area contributed by atoms with Gasteiger partial charge in [-0.05, 0) is 31.0 Å². The Morgan fingerprint density at radius 3 is 3.05 bits per heavy atom. The molecular formula is C13H15N3O2S. The van der Waals surface area contributed by atoms with Crippen molar-refractivity contribution in [1.82, 2.24) is 5.32 Å². The highest BCUT2D eigenvalue weighted by atomic mass is 32.2. The Morgan fingerprint density at radius 2 is 2.26 bits per heavy atom. The third kappa shape index (κ3) is 3.27. The number of thioether (sulfide) groups is 1. The summed E-state index contributed by atoms with van der Waals surface area (Å²) in [6, 6.07) is 6.10. The van der Waals surface area contributed by atoms with Gasteiger partial charge in [-0.3, -0.25) is 9.59 Å². The van der Waals surface area contributed by atoms with E-state index in [2.05, 4.69) is 16.0 Å². The van der Waals surface area contributed by atoms with Crippen LogP contribution in [0.3, 0.4) is 0 Å². The Hall–Kier alpha value is -1.53. The quantitative estimate of drug-likeness (QED) is 0.778. The van der Waals surface area contributed by atoms with Crippen molar-refractivity contribution in [3.63, 3.8) is 0 Å². The largest absolute Gasteiger partial charge is 0.325 e. The zero-order valence-corrected chi connectivity index (χ0v) is 11.2. The lowest BCUT2D eigenvalue weighted by molar-refractivity contribution is -0.115. The minimum Gasteiger partial charge on any atom is -0.325 e. The molecular weight excluding hydrogens is 262 g/mol. The number of carbonyl (C=O) groups is 2. The molecule has 3 N–H and O–H groups in total. The summed E-state index contributed by atoms with van der Waals surface area (Å²) in [5.74, 6) is 0.391. The van der Waals surface area contributed by atoms with Crippen LogP contribution in [0.5, 0.6) is 0 Å². The fourth-order valence-corrected chi connectivity index (χ4v) is 2.68. The molecule has 2 aliphatic rings. The Kier molecular flexibility index (Phi) is 3.44. The standard InChI is InChI=1S/C13H15N3O2S/c17-12(6-14-8-1-2-8)15-9-3-4-11-10(5-9)16-13(18)7-19-11/h3-5,8,14H,1-2,6-7H2,(H,15,17)(H,16,18). The highest BCUT2D eigenvalue weighted by Crippen LogP contribution is 2.33. The van der Waals surface area contributed by atoms with Crippen LogP contribution in [0.2, 0.25) is 0 Å². The molecule has 0 atom stereocenters. The minimum absolute atomic E-state index is 0.00336. The molecule has 0 bridgehead atoms. The molecule has 0 saturated heterocycles. The van der Waals surface area contributed by atoms with Gasteiger partial charge in [0.1, 0.15) is 0 Å². The molecule has 1 aliphatic carbocycles. The van der Waals surface area contributed by atoms with Crippen LogP contribution < -0.4 is 16.0 Å². The van der Waals surface area contributed by atoms with Crippen molar-refractivity contribution in [3.05, 3.63) is 18.2 Å². The minimum atomic E-state index is -0.0540. The number of nitrogens with one attached hydrogen (secondary N) is 3. The average Bonchev–Trinajstić information content (AvgIpc) is 3.20. The SMILES string of the molecule is O=C(CNC1CC1)Nc1ccc2c(c1)NC(=O)CS2. The van der Waals surface area contributed by atoms with Crippen molar-refractivity contribution in [2.45, 2.75) is 23.8 Å². The van der Waals surface area contributed by atoms with Gasteiger partial charge in [0.2, 0.25) is 11.8 Å². The molecule has 0 spiro atoms. The van der Waals surface area contributed by atoms with Crippen LogP contribution in [0.15, 0.2) is 23.1 Å². The second-order valence-electron chi connectivity index (χ2n) is 4.75. The molecule has 1 aromatic rings. The van der Waals surface area contributed by atoms with E-state index in [1.165, 1.54) is 11.8 Å². The average molecular weight is 277 g/mol. The molecule has 1 aromatic carbocycles. The summed E-state index contributed by atoms with van der Waals surface area (Å²) in [6.07, 6.45) is 2.32. The predicted molar refractivity (Wildman–Crippen MR) is 75.5 cm³/mol. The lowest BCUT2D eigenvalue weighted by Crippen LogP contribution is -2.29. The molecule has 5 nitrogen and oxygen atoms in total. The van der Waals surface area contributed by atoms with Gasteiger partial charge in [0.05, 0.1) is 18.0 Å². The van der Waals surface area contributed by atoms with Crippen LogP contribution in [0, 0.1) is 0 Å². The summed E-state index contributed by atoms with van der Waals surface area (Å²) in [7, 11) is 0. The molecule has 2 amide bonds. The monoisotopic (exact) mass is 277 g/mol. The molecule has 3 rings (SSSR count). The second kappa shape index (κ2) is 5.22. The maximum absolute atomic E-state index is 11.7. The Bertz CT molecular complexity index is 529.